The highest BCUT2D eigenvalue weighted by Crippen LogP contribution is 2.25. The van der Waals surface area contributed by atoms with Gasteiger partial charge in [0.2, 0.25) is 5.91 Å². The Morgan fingerprint density at radius 1 is 1.14 bits per heavy atom. The van der Waals surface area contributed by atoms with E-state index in [0.29, 0.717) is 34.1 Å². The number of rotatable bonds is 6. The fourth-order valence-corrected chi connectivity index (χ4v) is 4.25. The molecule has 0 N–H and O–H groups in total. The maximum Gasteiger partial charge on any atom is 0.233 e. The number of amides is 1. The minimum Gasteiger partial charge on any atom is -0.484 e. The summed E-state index contributed by atoms with van der Waals surface area (Å²) < 4.78 is 7.58. The van der Waals surface area contributed by atoms with Crippen LogP contribution in [-0.4, -0.2) is 37.9 Å². The first-order valence-electron chi connectivity index (χ1n) is 9.35. The fourth-order valence-electron chi connectivity index (χ4n) is 3.23. The van der Waals surface area contributed by atoms with E-state index < -0.39 is 0 Å². The largest absolute Gasteiger partial charge is 0.484 e. The zero-order valence-electron chi connectivity index (χ0n) is 16.0. The average molecular weight is 429 g/mol. The summed E-state index contributed by atoms with van der Waals surface area (Å²) in [6.45, 7) is 1.68. The minimum atomic E-state index is 0.112. The van der Waals surface area contributed by atoms with E-state index in [1.54, 1.807) is 6.07 Å². The Labute approximate surface area is 178 Å². The van der Waals surface area contributed by atoms with Crippen LogP contribution < -0.4 is 4.74 Å². The Balaban J connectivity index is 1.32. The molecule has 0 bridgehead atoms. The molecule has 1 aromatic heterocycles. The molecular weight excluding hydrogens is 408 g/mol. The van der Waals surface area contributed by atoms with Crippen molar-refractivity contribution < 1.29 is 9.53 Å². The maximum atomic E-state index is 12.7. The second-order valence-corrected chi connectivity index (χ2v) is 8.15. The van der Waals surface area contributed by atoms with E-state index >= 15 is 0 Å². The summed E-state index contributed by atoms with van der Waals surface area (Å²) in [5.41, 5.74) is 2.57. The monoisotopic (exact) mass is 428 g/mol. The number of carbonyl (C=O) groups excluding carboxylic acids is 1. The van der Waals surface area contributed by atoms with Crippen molar-refractivity contribution in [2.24, 2.45) is 7.05 Å². The molecule has 1 amide bonds. The summed E-state index contributed by atoms with van der Waals surface area (Å²) in [6, 6.07) is 15.6. The molecule has 1 aliphatic heterocycles. The average Bonchev–Trinajstić information content (AvgIpc) is 3.10. The molecule has 3 aromatic rings. The Morgan fingerprint density at radius 3 is 2.72 bits per heavy atom. The molecule has 0 saturated carbocycles. The number of thioether (sulfide) groups is 1. The lowest BCUT2D eigenvalue weighted by atomic mass is 10.00. The Bertz CT molecular complexity index is 1020. The maximum absolute atomic E-state index is 12.7. The van der Waals surface area contributed by atoms with E-state index in [0.717, 1.165) is 13.0 Å². The smallest absolute Gasteiger partial charge is 0.233 e. The van der Waals surface area contributed by atoms with Crippen LogP contribution in [0.25, 0.3) is 0 Å². The quantitative estimate of drug-likeness (QED) is 0.560. The molecule has 150 valence electrons. The van der Waals surface area contributed by atoms with Crippen LogP contribution in [0.15, 0.2) is 53.7 Å². The number of nitrogens with zero attached hydrogens (tertiary/aromatic N) is 4. The number of fused-ring (bicyclic) bond motifs is 1. The van der Waals surface area contributed by atoms with Crippen LogP contribution in [-0.2, 0) is 31.4 Å². The third-order valence-electron chi connectivity index (χ3n) is 4.93. The van der Waals surface area contributed by atoms with Gasteiger partial charge in [0, 0.05) is 20.1 Å². The molecule has 0 aliphatic carbocycles. The molecule has 0 atom stereocenters. The molecule has 1 aliphatic rings. The lowest BCUT2D eigenvalue weighted by Crippen LogP contribution is -2.37. The predicted octanol–water partition coefficient (Wildman–Crippen LogP) is 3.72. The number of para-hydroxylation sites is 1. The van der Waals surface area contributed by atoms with Crippen molar-refractivity contribution in [1.29, 1.82) is 0 Å². The van der Waals surface area contributed by atoms with Crippen LogP contribution in [0.1, 0.15) is 17.0 Å². The minimum absolute atomic E-state index is 0.112. The molecule has 0 radical (unpaired) electrons. The summed E-state index contributed by atoms with van der Waals surface area (Å²) >= 11 is 7.50. The second-order valence-electron chi connectivity index (χ2n) is 6.80. The van der Waals surface area contributed by atoms with Gasteiger partial charge in [0.25, 0.3) is 0 Å². The number of hydrogen-bond donors (Lipinski definition) is 0. The van der Waals surface area contributed by atoms with Gasteiger partial charge in [-0.2, -0.15) is 0 Å². The van der Waals surface area contributed by atoms with Crippen LogP contribution in [0.2, 0.25) is 5.02 Å². The van der Waals surface area contributed by atoms with Gasteiger partial charge in [-0.1, -0.05) is 59.8 Å². The standard InChI is InChI=1S/C21H21ClN4O2S/c1-25-19(13-28-18-9-5-4-8-17(18)22)23-24-21(25)29-14-20(27)26-11-10-15-6-2-3-7-16(15)12-26/h2-9H,10-14H2,1H3. The van der Waals surface area contributed by atoms with Gasteiger partial charge in [-0.15, -0.1) is 10.2 Å². The van der Waals surface area contributed by atoms with Crippen LogP contribution in [0.3, 0.4) is 0 Å². The van der Waals surface area contributed by atoms with E-state index in [4.69, 9.17) is 16.3 Å². The number of aromatic nitrogens is 3. The van der Waals surface area contributed by atoms with Crippen LogP contribution >= 0.6 is 23.4 Å². The molecule has 0 unspecified atom stereocenters. The number of halogens is 1. The zero-order valence-corrected chi connectivity index (χ0v) is 17.6. The Kier molecular flexibility index (Phi) is 6.06. The Morgan fingerprint density at radius 2 is 1.90 bits per heavy atom. The van der Waals surface area contributed by atoms with Gasteiger partial charge in [-0.05, 0) is 29.7 Å². The van der Waals surface area contributed by atoms with Gasteiger partial charge in [0.1, 0.15) is 12.4 Å². The molecule has 6 nitrogen and oxygen atoms in total. The summed E-state index contributed by atoms with van der Waals surface area (Å²) in [7, 11) is 1.87. The van der Waals surface area contributed by atoms with Gasteiger partial charge >= 0.3 is 0 Å². The van der Waals surface area contributed by atoms with Crippen LogP contribution in [0.4, 0.5) is 0 Å². The molecule has 29 heavy (non-hydrogen) atoms. The van der Waals surface area contributed by atoms with Gasteiger partial charge in [-0.25, -0.2) is 0 Å². The number of ether oxygens (including phenoxy) is 1. The second kappa shape index (κ2) is 8.88. The van der Waals surface area contributed by atoms with Gasteiger partial charge in [0.05, 0.1) is 10.8 Å². The summed E-state index contributed by atoms with van der Waals surface area (Å²) in [5.74, 6) is 1.72. The molecule has 0 fully saturated rings. The third-order valence-corrected chi connectivity index (χ3v) is 6.24. The first-order chi connectivity index (χ1) is 14.1. The van der Waals surface area contributed by atoms with E-state index in [9.17, 15) is 4.79 Å². The highest BCUT2D eigenvalue weighted by Gasteiger charge is 2.21. The van der Waals surface area contributed by atoms with Gasteiger partial charge in [-0.3, -0.25) is 4.79 Å². The van der Waals surface area contributed by atoms with Crippen molar-refractivity contribution >= 4 is 29.3 Å². The number of carbonyl (C=O) groups is 1. The first-order valence-corrected chi connectivity index (χ1v) is 10.7. The molecule has 0 saturated heterocycles. The van der Waals surface area contributed by atoms with Crippen molar-refractivity contribution in [2.45, 2.75) is 24.7 Å². The van der Waals surface area contributed by atoms with Crippen LogP contribution in [0, 0.1) is 0 Å². The number of benzene rings is 2. The van der Waals surface area contributed by atoms with E-state index in [1.807, 2.05) is 46.8 Å². The lowest BCUT2D eigenvalue weighted by Gasteiger charge is -2.28. The van der Waals surface area contributed by atoms with E-state index in [1.165, 1.54) is 22.9 Å². The molecule has 4 rings (SSSR count). The predicted molar refractivity (Wildman–Crippen MR) is 113 cm³/mol. The molecule has 8 heteroatoms. The van der Waals surface area contributed by atoms with Crippen molar-refractivity contribution in [1.82, 2.24) is 19.7 Å². The summed E-state index contributed by atoms with van der Waals surface area (Å²) in [6.07, 6.45) is 0.903. The summed E-state index contributed by atoms with van der Waals surface area (Å²) in [5, 5.41) is 9.62. The van der Waals surface area contributed by atoms with Crippen LogP contribution in [0.5, 0.6) is 5.75 Å². The molecule has 2 aromatic carbocycles. The first kappa shape index (κ1) is 19.8. The van der Waals surface area contributed by atoms with E-state index in [-0.39, 0.29) is 12.5 Å². The van der Waals surface area contributed by atoms with Crippen molar-refractivity contribution in [3.05, 3.63) is 70.5 Å². The van der Waals surface area contributed by atoms with Gasteiger partial charge in [0.15, 0.2) is 11.0 Å². The normalized spacial score (nSPS) is 13.2. The SMILES string of the molecule is Cn1c(COc2ccccc2Cl)nnc1SCC(=O)N1CCc2ccccc2C1. The fraction of sp³-hybridized carbons (Fsp3) is 0.286. The lowest BCUT2D eigenvalue weighted by molar-refractivity contribution is -0.129. The summed E-state index contributed by atoms with van der Waals surface area (Å²) in [4.78, 5) is 14.6. The molecule has 2 heterocycles. The highest BCUT2D eigenvalue weighted by atomic mass is 35.5. The van der Waals surface area contributed by atoms with Crippen molar-refractivity contribution in [3.8, 4) is 5.75 Å². The highest BCUT2D eigenvalue weighted by molar-refractivity contribution is 7.99. The topological polar surface area (TPSA) is 60.2 Å². The molecule has 0 spiro atoms. The van der Waals surface area contributed by atoms with Crippen molar-refractivity contribution in [2.75, 3.05) is 12.3 Å². The Hall–Kier alpha value is -2.51. The van der Waals surface area contributed by atoms with Gasteiger partial charge < -0.3 is 14.2 Å². The van der Waals surface area contributed by atoms with E-state index in [2.05, 4.69) is 22.3 Å². The van der Waals surface area contributed by atoms with Crippen molar-refractivity contribution in [3.63, 3.8) is 0 Å². The third kappa shape index (κ3) is 4.57. The number of hydrogen-bond acceptors (Lipinski definition) is 5. The molecular formula is C21H21ClN4O2S. The zero-order chi connectivity index (χ0) is 20.2.